The predicted molar refractivity (Wildman–Crippen MR) is 82.5 cm³/mol. The molecular weight excluding hydrogens is 306 g/mol. The smallest absolute Gasteiger partial charge is 0.258 e. The Balaban J connectivity index is 2.06. The van der Waals surface area contributed by atoms with Crippen molar-refractivity contribution in [1.82, 2.24) is 9.91 Å². The first-order valence-electron chi connectivity index (χ1n) is 6.63. The van der Waals surface area contributed by atoms with Gasteiger partial charge in [0, 0.05) is 23.8 Å². The molecule has 9 heteroatoms. The molecule has 116 valence electrons. The summed E-state index contributed by atoms with van der Waals surface area (Å²) in [4.78, 5) is 23.2. The van der Waals surface area contributed by atoms with E-state index < -0.39 is 4.92 Å². The lowest BCUT2D eigenvalue weighted by Gasteiger charge is -2.32. The van der Waals surface area contributed by atoms with Crippen LogP contribution in [0.5, 0.6) is 0 Å². The lowest BCUT2D eigenvalue weighted by Crippen LogP contribution is -2.46. The average molecular weight is 321 g/mol. The first-order valence-corrected chi connectivity index (χ1v) is 7.78. The molecule has 2 atom stereocenters. The number of nitroso groups, excluding NO2 is 1. The molecule has 0 aliphatic carbocycles. The molecule has 2 rings (SSSR count). The summed E-state index contributed by atoms with van der Waals surface area (Å²) in [6.07, 6.45) is -0.313. The van der Waals surface area contributed by atoms with Crippen LogP contribution in [0.3, 0.4) is 0 Å². The number of nitrogens with zero attached hydrogens (tertiary/aromatic N) is 5. The molecule has 1 aliphatic heterocycles. The Labute approximate surface area is 131 Å². The molecule has 1 heterocycles. The minimum atomic E-state index is -0.471. The van der Waals surface area contributed by atoms with E-state index in [4.69, 9.17) is 5.26 Å². The van der Waals surface area contributed by atoms with Gasteiger partial charge in [0.1, 0.15) is 12.2 Å². The van der Waals surface area contributed by atoms with E-state index in [-0.39, 0.29) is 24.4 Å². The van der Waals surface area contributed by atoms with Crippen LogP contribution in [0.1, 0.15) is 12.5 Å². The Morgan fingerprint density at radius 2 is 2.27 bits per heavy atom. The van der Waals surface area contributed by atoms with Crippen LogP contribution >= 0.6 is 11.8 Å². The average Bonchev–Trinajstić information content (AvgIpc) is 3.01. The fraction of sp³-hybridized carbons (Fsp3) is 0.462. The topological polar surface area (TPSA) is 103 Å². The molecule has 1 saturated heterocycles. The molecular formula is C13H15N5O3S. The van der Waals surface area contributed by atoms with Crippen molar-refractivity contribution in [2.75, 3.05) is 11.6 Å². The van der Waals surface area contributed by atoms with Crippen LogP contribution in [0, 0.1) is 26.4 Å². The van der Waals surface area contributed by atoms with Crippen molar-refractivity contribution >= 4 is 17.4 Å². The summed E-state index contributed by atoms with van der Waals surface area (Å²) >= 11 is 1.64. The first kappa shape index (κ1) is 16.2. The number of hydrogen-bond donors (Lipinski definition) is 0. The van der Waals surface area contributed by atoms with E-state index in [1.807, 2.05) is 11.8 Å². The summed E-state index contributed by atoms with van der Waals surface area (Å²) in [6.45, 7) is 2.06. The molecule has 0 spiro atoms. The van der Waals surface area contributed by atoms with Gasteiger partial charge >= 0.3 is 0 Å². The molecule has 0 N–H and O–H groups in total. The summed E-state index contributed by atoms with van der Waals surface area (Å²) in [5, 5.41) is 24.1. The zero-order chi connectivity index (χ0) is 16.1. The van der Waals surface area contributed by atoms with Gasteiger partial charge in [0.05, 0.1) is 22.8 Å². The molecule has 22 heavy (non-hydrogen) atoms. The molecule has 0 radical (unpaired) electrons. The first-order chi connectivity index (χ1) is 10.6. The number of rotatable bonds is 6. The third kappa shape index (κ3) is 3.52. The Kier molecular flexibility index (Phi) is 5.30. The van der Waals surface area contributed by atoms with Crippen LogP contribution in [0.15, 0.2) is 29.6 Å². The maximum atomic E-state index is 11.1. The highest BCUT2D eigenvalue weighted by atomic mass is 32.2. The molecule has 1 fully saturated rings. The Bertz CT molecular complexity index is 588. The monoisotopic (exact) mass is 321 g/mol. The minimum absolute atomic E-state index is 0.00268. The second kappa shape index (κ2) is 7.20. The van der Waals surface area contributed by atoms with Crippen LogP contribution < -0.4 is 0 Å². The molecule has 0 aromatic heterocycles. The van der Waals surface area contributed by atoms with Crippen molar-refractivity contribution < 1.29 is 4.92 Å². The van der Waals surface area contributed by atoms with Crippen molar-refractivity contribution in [1.29, 1.82) is 5.26 Å². The summed E-state index contributed by atoms with van der Waals surface area (Å²) in [7, 11) is 0. The zero-order valence-electron chi connectivity index (χ0n) is 12.0. The van der Waals surface area contributed by atoms with E-state index in [1.165, 1.54) is 17.1 Å². The lowest BCUT2D eigenvalue weighted by molar-refractivity contribution is -0.384. The summed E-state index contributed by atoms with van der Waals surface area (Å²) in [5.74, 6) is 1.39. The van der Waals surface area contributed by atoms with Crippen molar-refractivity contribution in [3.63, 3.8) is 0 Å². The molecule has 8 nitrogen and oxygen atoms in total. The SMILES string of the molecule is CC(N(Cc1ccc([N+](=O)[O-])cc1)N=O)N1CSCC1C#N. The van der Waals surface area contributed by atoms with E-state index in [0.717, 1.165) is 5.56 Å². The van der Waals surface area contributed by atoms with Gasteiger partial charge in [-0.15, -0.1) is 16.7 Å². The van der Waals surface area contributed by atoms with Gasteiger partial charge in [-0.2, -0.15) is 5.26 Å². The van der Waals surface area contributed by atoms with Crippen LogP contribution in [-0.4, -0.2) is 38.7 Å². The van der Waals surface area contributed by atoms with E-state index in [1.54, 1.807) is 23.9 Å². The highest BCUT2D eigenvalue weighted by molar-refractivity contribution is 7.99. The van der Waals surface area contributed by atoms with Crippen LogP contribution in [0.2, 0.25) is 0 Å². The lowest BCUT2D eigenvalue weighted by atomic mass is 10.2. The summed E-state index contributed by atoms with van der Waals surface area (Å²) in [5.41, 5.74) is 0.750. The predicted octanol–water partition coefficient (Wildman–Crippen LogP) is 2.32. The van der Waals surface area contributed by atoms with Crippen LogP contribution in [-0.2, 0) is 6.54 Å². The number of nitriles is 1. The second-order valence-corrected chi connectivity index (χ2v) is 5.89. The van der Waals surface area contributed by atoms with E-state index in [9.17, 15) is 15.0 Å². The number of non-ortho nitro benzene ring substituents is 1. The van der Waals surface area contributed by atoms with Gasteiger partial charge < -0.3 is 0 Å². The Hall–Kier alpha value is -2.18. The third-order valence-corrected chi connectivity index (χ3v) is 4.61. The molecule has 1 aliphatic rings. The van der Waals surface area contributed by atoms with Crippen molar-refractivity contribution in [2.45, 2.75) is 25.7 Å². The second-order valence-electron chi connectivity index (χ2n) is 4.89. The van der Waals surface area contributed by atoms with Crippen molar-refractivity contribution in [2.24, 2.45) is 5.29 Å². The molecule has 1 aromatic rings. The van der Waals surface area contributed by atoms with Gasteiger partial charge in [-0.05, 0) is 12.5 Å². The molecule has 2 unspecified atom stereocenters. The summed E-state index contributed by atoms with van der Waals surface area (Å²) < 4.78 is 0. The fourth-order valence-electron chi connectivity index (χ4n) is 2.25. The maximum Gasteiger partial charge on any atom is 0.269 e. The van der Waals surface area contributed by atoms with Gasteiger partial charge in [-0.25, -0.2) is 5.01 Å². The third-order valence-electron chi connectivity index (χ3n) is 3.57. The quantitative estimate of drug-likeness (QED) is 0.450. The number of nitro groups is 1. The molecule has 0 bridgehead atoms. The van der Waals surface area contributed by atoms with E-state index >= 15 is 0 Å². The van der Waals surface area contributed by atoms with Gasteiger partial charge in [0.15, 0.2) is 0 Å². The Morgan fingerprint density at radius 1 is 1.59 bits per heavy atom. The van der Waals surface area contributed by atoms with Crippen LogP contribution in [0.4, 0.5) is 5.69 Å². The minimum Gasteiger partial charge on any atom is -0.258 e. The molecule has 0 saturated carbocycles. The zero-order valence-corrected chi connectivity index (χ0v) is 12.8. The highest BCUT2D eigenvalue weighted by Gasteiger charge is 2.32. The Morgan fingerprint density at radius 3 is 2.82 bits per heavy atom. The standard InChI is InChI=1S/C13H15N5O3S/c1-10(16-9-22-8-13(16)6-14)17(15-19)7-11-2-4-12(5-3-11)18(20)21/h2-5,10,13H,7-9H2,1H3. The number of thioether (sulfide) groups is 1. The highest BCUT2D eigenvalue weighted by Crippen LogP contribution is 2.25. The van der Waals surface area contributed by atoms with Gasteiger partial charge in [-0.1, -0.05) is 12.1 Å². The fourth-order valence-corrected chi connectivity index (χ4v) is 3.45. The van der Waals surface area contributed by atoms with Gasteiger partial charge in [0.2, 0.25) is 0 Å². The van der Waals surface area contributed by atoms with Crippen LogP contribution in [0.25, 0.3) is 0 Å². The van der Waals surface area contributed by atoms with Crippen molar-refractivity contribution in [3.8, 4) is 6.07 Å². The van der Waals surface area contributed by atoms with E-state index in [0.29, 0.717) is 11.6 Å². The number of hydrogen-bond acceptors (Lipinski definition) is 7. The van der Waals surface area contributed by atoms with Gasteiger partial charge in [0.25, 0.3) is 5.69 Å². The van der Waals surface area contributed by atoms with Gasteiger partial charge in [-0.3, -0.25) is 15.0 Å². The molecule has 0 amide bonds. The number of nitro benzene ring substituents is 1. The number of benzene rings is 1. The van der Waals surface area contributed by atoms with E-state index in [2.05, 4.69) is 11.4 Å². The largest absolute Gasteiger partial charge is 0.269 e. The normalized spacial score (nSPS) is 19.4. The van der Waals surface area contributed by atoms with Crippen molar-refractivity contribution in [3.05, 3.63) is 44.9 Å². The maximum absolute atomic E-state index is 11.1. The molecule has 1 aromatic carbocycles. The summed E-state index contributed by atoms with van der Waals surface area (Å²) in [6, 6.07) is 7.98.